The van der Waals surface area contributed by atoms with Crippen molar-refractivity contribution in [2.45, 2.75) is 26.3 Å². The summed E-state index contributed by atoms with van der Waals surface area (Å²) in [6.45, 7) is 5.11. The number of rotatable bonds is 3. The van der Waals surface area contributed by atoms with Gasteiger partial charge >= 0.3 is 0 Å². The summed E-state index contributed by atoms with van der Waals surface area (Å²) in [5.41, 5.74) is 0.954. The van der Waals surface area contributed by atoms with Gasteiger partial charge in [-0.25, -0.2) is 4.98 Å². The van der Waals surface area contributed by atoms with E-state index in [9.17, 15) is 0 Å². The Bertz CT molecular complexity index is 467. The SMILES string of the molecule is CN=C(NCc1cccc(OC)n1)N1CCCC(C)C1.I. The molecule has 1 atom stereocenters. The van der Waals surface area contributed by atoms with Crippen LogP contribution < -0.4 is 10.1 Å². The number of likely N-dealkylation sites (tertiary alicyclic amines) is 1. The lowest BCUT2D eigenvalue weighted by Gasteiger charge is -2.33. The molecule has 1 saturated heterocycles. The van der Waals surface area contributed by atoms with Gasteiger partial charge in [-0.2, -0.15) is 0 Å². The maximum Gasteiger partial charge on any atom is 0.213 e. The molecule has 1 fully saturated rings. The molecule has 1 aliphatic rings. The highest BCUT2D eigenvalue weighted by molar-refractivity contribution is 14.0. The summed E-state index contributed by atoms with van der Waals surface area (Å²) < 4.78 is 5.14. The molecule has 0 aromatic carbocycles. The van der Waals surface area contributed by atoms with E-state index in [1.54, 1.807) is 7.11 Å². The third-order valence-corrected chi connectivity index (χ3v) is 3.59. The second-order valence-corrected chi connectivity index (χ2v) is 5.27. The van der Waals surface area contributed by atoms with Crippen molar-refractivity contribution in [3.63, 3.8) is 0 Å². The fourth-order valence-corrected chi connectivity index (χ4v) is 2.55. The largest absolute Gasteiger partial charge is 0.481 e. The van der Waals surface area contributed by atoms with Gasteiger partial charge < -0.3 is 15.0 Å². The fraction of sp³-hybridized carbons (Fsp3) is 0.600. The molecule has 21 heavy (non-hydrogen) atoms. The summed E-state index contributed by atoms with van der Waals surface area (Å²) in [6.07, 6.45) is 2.55. The minimum Gasteiger partial charge on any atom is -0.481 e. The molecule has 0 spiro atoms. The zero-order chi connectivity index (χ0) is 14.4. The van der Waals surface area contributed by atoms with Crippen molar-refractivity contribution in [2.75, 3.05) is 27.2 Å². The van der Waals surface area contributed by atoms with Crippen molar-refractivity contribution < 1.29 is 4.74 Å². The first kappa shape index (κ1) is 18.0. The third kappa shape index (κ3) is 5.33. The number of hydrogen-bond donors (Lipinski definition) is 1. The Morgan fingerprint density at radius 3 is 3.00 bits per heavy atom. The van der Waals surface area contributed by atoms with Gasteiger partial charge in [0.2, 0.25) is 5.88 Å². The number of guanidine groups is 1. The molecule has 2 heterocycles. The summed E-state index contributed by atoms with van der Waals surface area (Å²) in [5.74, 6) is 2.34. The molecule has 5 nitrogen and oxygen atoms in total. The van der Waals surface area contributed by atoms with Gasteiger partial charge in [-0.3, -0.25) is 4.99 Å². The van der Waals surface area contributed by atoms with Crippen molar-refractivity contribution in [1.29, 1.82) is 0 Å². The molecule has 1 unspecified atom stereocenters. The van der Waals surface area contributed by atoms with Crippen LogP contribution in [0.4, 0.5) is 0 Å². The molecule has 0 aliphatic carbocycles. The summed E-state index contributed by atoms with van der Waals surface area (Å²) in [4.78, 5) is 11.1. The zero-order valence-corrected chi connectivity index (χ0v) is 15.3. The van der Waals surface area contributed by atoms with Crippen molar-refractivity contribution in [3.05, 3.63) is 23.9 Å². The van der Waals surface area contributed by atoms with E-state index in [-0.39, 0.29) is 24.0 Å². The maximum atomic E-state index is 5.14. The van der Waals surface area contributed by atoms with Gasteiger partial charge in [-0.05, 0) is 24.8 Å². The van der Waals surface area contributed by atoms with E-state index in [0.717, 1.165) is 30.7 Å². The molecule has 1 aromatic heterocycles. The van der Waals surface area contributed by atoms with E-state index in [4.69, 9.17) is 4.74 Å². The molecule has 6 heteroatoms. The van der Waals surface area contributed by atoms with E-state index in [0.29, 0.717) is 12.4 Å². The Morgan fingerprint density at radius 1 is 1.52 bits per heavy atom. The van der Waals surface area contributed by atoms with Crippen LogP contribution in [-0.4, -0.2) is 43.1 Å². The molecular weight excluding hydrogens is 379 g/mol. The first-order chi connectivity index (χ1) is 9.72. The van der Waals surface area contributed by atoms with Gasteiger partial charge in [-0.1, -0.05) is 13.0 Å². The predicted octanol–water partition coefficient (Wildman–Crippen LogP) is 2.52. The average Bonchev–Trinajstić information content (AvgIpc) is 2.48. The van der Waals surface area contributed by atoms with Gasteiger partial charge in [0.1, 0.15) is 0 Å². The lowest BCUT2D eigenvalue weighted by atomic mass is 10.0. The van der Waals surface area contributed by atoms with Gasteiger partial charge in [0.25, 0.3) is 0 Å². The van der Waals surface area contributed by atoms with Crippen molar-refractivity contribution >= 4 is 29.9 Å². The minimum absolute atomic E-state index is 0. The van der Waals surface area contributed by atoms with Crippen LogP contribution in [0.1, 0.15) is 25.5 Å². The van der Waals surface area contributed by atoms with Crippen LogP contribution in [0.15, 0.2) is 23.2 Å². The van der Waals surface area contributed by atoms with Crippen LogP contribution in [-0.2, 0) is 6.54 Å². The molecule has 1 aliphatic heterocycles. The highest BCUT2D eigenvalue weighted by Crippen LogP contribution is 2.15. The summed E-state index contributed by atoms with van der Waals surface area (Å²) in [6, 6.07) is 5.79. The number of pyridine rings is 1. The van der Waals surface area contributed by atoms with E-state index >= 15 is 0 Å². The summed E-state index contributed by atoms with van der Waals surface area (Å²) >= 11 is 0. The third-order valence-electron chi connectivity index (χ3n) is 3.59. The number of methoxy groups -OCH3 is 1. The lowest BCUT2D eigenvalue weighted by molar-refractivity contribution is 0.266. The number of nitrogens with zero attached hydrogens (tertiary/aromatic N) is 3. The van der Waals surface area contributed by atoms with E-state index < -0.39 is 0 Å². The van der Waals surface area contributed by atoms with Crippen LogP contribution in [0, 0.1) is 5.92 Å². The number of hydrogen-bond acceptors (Lipinski definition) is 3. The molecule has 0 bridgehead atoms. The Hall–Kier alpha value is -1.05. The van der Waals surface area contributed by atoms with Crippen LogP contribution in [0.25, 0.3) is 0 Å². The summed E-state index contributed by atoms with van der Waals surface area (Å²) in [7, 11) is 3.47. The monoisotopic (exact) mass is 404 g/mol. The van der Waals surface area contributed by atoms with Gasteiger partial charge in [-0.15, -0.1) is 24.0 Å². The van der Waals surface area contributed by atoms with E-state index in [1.807, 2.05) is 25.2 Å². The first-order valence-corrected chi connectivity index (χ1v) is 7.18. The van der Waals surface area contributed by atoms with Gasteiger partial charge in [0, 0.05) is 26.2 Å². The molecule has 2 rings (SSSR count). The second-order valence-electron chi connectivity index (χ2n) is 5.27. The highest BCUT2D eigenvalue weighted by atomic mass is 127. The Kier molecular flexibility index (Phi) is 7.77. The highest BCUT2D eigenvalue weighted by Gasteiger charge is 2.19. The van der Waals surface area contributed by atoms with Crippen molar-refractivity contribution in [1.82, 2.24) is 15.2 Å². The van der Waals surface area contributed by atoms with Gasteiger partial charge in [0.15, 0.2) is 5.96 Å². The average molecular weight is 404 g/mol. The minimum atomic E-state index is 0. The normalized spacial score (nSPS) is 18.9. The Morgan fingerprint density at radius 2 is 2.33 bits per heavy atom. The van der Waals surface area contributed by atoms with Crippen LogP contribution in [0.5, 0.6) is 5.88 Å². The lowest BCUT2D eigenvalue weighted by Crippen LogP contribution is -2.45. The predicted molar refractivity (Wildman–Crippen MR) is 96.4 cm³/mol. The summed E-state index contributed by atoms with van der Waals surface area (Å²) in [5, 5.41) is 3.39. The van der Waals surface area contributed by atoms with Crippen molar-refractivity contribution in [3.8, 4) is 5.88 Å². The quantitative estimate of drug-likeness (QED) is 0.478. The van der Waals surface area contributed by atoms with Gasteiger partial charge in [0.05, 0.1) is 19.3 Å². The molecule has 0 amide bonds. The number of aromatic nitrogens is 1. The van der Waals surface area contributed by atoms with E-state index in [2.05, 4.69) is 27.1 Å². The molecule has 0 saturated carbocycles. The molecule has 118 valence electrons. The van der Waals surface area contributed by atoms with Crippen LogP contribution in [0.3, 0.4) is 0 Å². The molecular formula is C15H25IN4O. The number of ether oxygens (including phenoxy) is 1. The Balaban J connectivity index is 0.00000220. The standard InChI is InChI=1S/C15H24N4O.HI/c1-12-6-5-9-19(11-12)15(16-2)17-10-13-7-4-8-14(18-13)20-3;/h4,7-8,12H,5-6,9-11H2,1-3H3,(H,16,17);1H. The zero-order valence-electron chi connectivity index (χ0n) is 13.0. The van der Waals surface area contributed by atoms with Crippen LogP contribution >= 0.6 is 24.0 Å². The number of nitrogens with one attached hydrogen (secondary N) is 1. The smallest absolute Gasteiger partial charge is 0.213 e. The Labute approximate surface area is 144 Å². The second kappa shape index (κ2) is 9.07. The number of piperidine rings is 1. The fourth-order valence-electron chi connectivity index (χ4n) is 2.55. The molecule has 1 aromatic rings. The van der Waals surface area contributed by atoms with E-state index in [1.165, 1.54) is 12.8 Å². The van der Waals surface area contributed by atoms with Crippen molar-refractivity contribution in [2.24, 2.45) is 10.9 Å². The number of halogens is 1. The molecule has 0 radical (unpaired) electrons. The maximum absolute atomic E-state index is 5.14. The topological polar surface area (TPSA) is 49.8 Å². The van der Waals surface area contributed by atoms with Crippen LogP contribution in [0.2, 0.25) is 0 Å². The molecule has 1 N–H and O–H groups in total. The first-order valence-electron chi connectivity index (χ1n) is 7.18. The number of aliphatic imine (C=N–C) groups is 1.